The van der Waals surface area contributed by atoms with E-state index >= 15 is 0 Å². The molecule has 1 heterocycles. The second-order valence-electron chi connectivity index (χ2n) is 3.77. The first-order valence-electron chi connectivity index (χ1n) is 5.22. The zero-order valence-electron chi connectivity index (χ0n) is 9.30. The second-order valence-corrected chi connectivity index (χ2v) is 3.77. The average molecular weight is 213 g/mol. The molecule has 0 aliphatic heterocycles. The van der Waals surface area contributed by atoms with E-state index < -0.39 is 0 Å². The Morgan fingerprint density at radius 2 is 1.81 bits per heavy atom. The largest absolute Gasteiger partial charge is 0.397 e. The zero-order valence-corrected chi connectivity index (χ0v) is 9.30. The highest BCUT2D eigenvalue weighted by Gasteiger charge is 2.04. The van der Waals surface area contributed by atoms with Crippen LogP contribution >= 0.6 is 0 Å². The lowest BCUT2D eigenvalue weighted by Gasteiger charge is -2.20. The van der Waals surface area contributed by atoms with Crippen molar-refractivity contribution < 1.29 is 0 Å². The molecule has 3 heteroatoms. The Balaban J connectivity index is 2.15. The normalized spacial score (nSPS) is 10.1. The van der Waals surface area contributed by atoms with Crippen molar-refractivity contribution >= 4 is 11.4 Å². The van der Waals surface area contributed by atoms with Gasteiger partial charge in [0.05, 0.1) is 11.4 Å². The van der Waals surface area contributed by atoms with E-state index in [1.165, 1.54) is 5.56 Å². The molecule has 2 aromatic rings. The summed E-state index contributed by atoms with van der Waals surface area (Å²) in [6.45, 7) is 0.830. The summed E-state index contributed by atoms with van der Waals surface area (Å²) >= 11 is 0. The van der Waals surface area contributed by atoms with Gasteiger partial charge in [-0.15, -0.1) is 0 Å². The van der Waals surface area contributed by atoms with E-state index in [4.69, 9.17) is 5.73 Å². The first-order chi connectivity index (χ1) is 7.77. The van der Waals surface area contributed by atoms with Crippen molar-refractivity contribution in [1.29, 1.82) is 0 Å². The molecule has 0 aliphatic rings. The minimum absolute atomic E-state index is 0.805. The van der Waals surface area contributed by atoms with Crippen LogP contribution < -0.4 is 10.6 Å². The molecule has 2 rings (SSSR count). The van der Waals surface area contributed by atoms with Crippen molar-refractivity contribution in [2.45, 2.75) is 6.54 Å². The van der Waals surface area contributed by atoms with Crippen molar-refractivity contribution in [1.82, 2.24) is 4.98 Å². The average Bonchev–Trinajstić information content (AvgIpc) is 2.31. The first-order valence-corrected chi connectivity index (χ1v) is 5.22. The highest BCUT2D eigenvalue weighted by Crippen LogP contribution is 2.22. The van der Waals surface area contributed by atoms with Crippen molar-refractivity contribution in [3.63, 3.8) is 0 Å². The number of para-hydroxylation sites is 2. The fraction of sp³-hybridized carbons (Fsp3) is 0.154. The van der Waals surface area contributed by atoms with Gasteiger partial charge in [-0.2, -0.15) is 0 Å². The molecule has 0 saturated heterocycles. The topological polar surface area (TPSA) is 42.2 Å². The van der Waals surface area contributed by atoms with Gasteiger partial charge in [0.2, 0.25) is 0 Å². The van der Waals surface area contributed by atoms with Crippen LogP contribution in [0.5, 0.6) is 0 Å². The summed E-state index contributed by atoms with van der Waals surface area (Å²) in [5.41, 5.74) is 9.00. The van der Waals surface area contributed by atoms with Crippen molar-refractivity contribution in [3.8, 4) is 0 Å². The number of nitrogens with two attached hydrogens (primary N) is 1. The molecule has 1 aromatic heterocycles. The van der Waals surface area contributed by atoms with Crippen LogP contribution in [-0.4, -0.2) is 12.0 Å². The number of hydrogen-bond donors (Lipinski definition) is 1. The van der Waals surface area contributed by atoms with Gasteiger partial charge in [0.1, 0.15) is 0 Å². The van der Waals surface area contributed by atoms with E-state index in [0.717, 1.165) is 17.9 Å². The summed E-state index contributed by atoms with van der Waals surface area (Å²) in [6.07, 6.45) is 3.61. The lowest BCUT2D eigenvalue weighted by atomic mass is 10.2. The van der Waals surface area contributed by atoms with Gasteiger partial charge in [0.25, 0.3) is 0 Å². The third-order valence-electron chi connectivity index (χ3n) is 2.52. The van der Waals surface area contributed by atoms with E-state index in [1.54, 1.807) is 12.4 Å². The van der Waals surface area contributed by atoms with Gasteiger partial charge in [-0.25, -0.2) is 0 Å². The number of pyridine rings is 1. The molecule has 0 amide bonds. The predicted octanol–water partition coefficient (Wildman–Crippen LogP) is 2.30. The van der Waals surface area contributed by atoms with Crippen LogP contribution in [0.4, 0.5) is 11.4 Å². The lowest BCUT2D eigenvalue weighted by Crippen LogP contribution is -2.17. The number of benzene rings is 1. The summed E-state index contributed by atoms with van der Waals surface area (Å²) in [6, 6.07) is 11.9. The van der Waals surface area contributed by atoms with Crippen molar-refractivity contribution in [2.24, 2.45) is 0 Å². The van der Waals surface area contributed by atoms with Gasteiger partial charge in [-0.05, 0) is 29.8 Å². The predicted molar refractivity (Wildman–Crippen MR) is 67.2 cm³/mol. The highest BCUT2D eigenvalue weighted by atomic mass is 15.1. The quantitative estimate of drug-likeness (QED) is 0.795. The molecule has 1 aromatic carbocycles. The number of rotatable bonds is 3. The maximum Gasteiger partial charge on any atom is 0.0600 e. The minimum Gasteiger partial charge on any atom is -0.397 e. The molecule has 0 fully saturated rings. The molecule has 2 N–H and O–H groups in total. The molecule has 16 heavy (non-hydrogen) atoms. The summed E-state index contributed by atoms with van der Waals surface area (Å²) in [5.74, 6) is 0. The van der Waals surface area contributed by atoms with Crippen LogP contribution in [0.3, 0.4) is 0 Å². The Morgan fingerprint density at radius 1 is 1.12 bits per heavy atom. The molecule has 82 valence electrons. The van der Waals surface area contributed by atoms with E-state index in [2.05, 4.69) is 9.88 Å². The van der Waals surface area contributed by atoms with Crippen LogP contribution in [0.25, 0.3) is 0 Å². The van der Waals surface area contributed by atoms with Gasteiger partial charge in [-0.1, -0.05) is 12.1 Å². The van der Waals surface area contributed by atoms with Gasteiger partial charge < -0.3 is 10.6 Å². The maximum absolute atomic E-state index is 5.92. The molecule has 0 saturated carbocycles. The Labute approximate surface area is 95.5 Å². The molecule has 3 nitrogen and oxygen atoms in total. The van der Waals surface area contributed by atoms with Gasteiger partial charge in [-0.3, -0.25) is 4.98 Å². The Kier molecular flexibility index (Phi) is 3.05. The molecular formula is C13H15N3. The van der Waals surface area contributed by atoms with E-state index in [0.29, 0.717) is 0 Å². The standard InChI is InChI=1S/C13H15N3/c1-16(10-11-6-8-15-9-7-11)13-5-3-2-4-12(13)14/h2-9H,10,14H2,1H3. The molecule has 0 atom stereocenters. The van der Waals surface area contributed by atoms with E-state index in [9.17, 15) is 0 Å². The number of nitrogen functional groups attached to an aromatic ring is 1. The Bertz CT molecular complexity index is 454. The van der Waals surface area contributed by atoms with Crippen LogP contribution in [0.1, 0.15) is 5.56 Å². The smallest absolute Gasteiger partial charge is 0.0600 e. The fourth-order valence-electron chi connectivity index (χ4n) is 1.68. The molecular weight excluding hydrogens is 198 g/mol. The van der Waals surface area contributed by atoms with Gasteiger partial charge >= 0.3 is 0 Å². The van der Waals surface area contributed by atoms with Gasteiger partial charge in [0.15, 0.2) is 0 Å². The summed E-state index contributed by atoms with van der Waals surface area (Å²) in [7, 11) is 2.03. The first kappa shape index (κ1) is 10.5. The maximum atomic E-state index is 5.92. The van der Waals surface area contributed by atoms with Crippen molar-refractivity contribution in [3.05, 3.63) is 54.4 Å². The fourth-order valence-corrected chi connectivity index (χ4v) is 1.68. The van der Waals surface area contributed by atoms with E-state index in [1.807, 2.05) is 43.4 Å². The Hall–Kier alpha value is -2.03. The molecule has 0 radical (unpaired) electrons. The van der Waals surface area contributed by atoms with Crippen LogP contribution in [0, 0.1) is 0 Å². The van der Waals surface area contributed by atoms with Gasteiger partial charge in [0, 0.05) is 26.0 Å². The number of hydrogen-bond acceptors (Lipinski definition) is 3. The van der Waals surface area contributed by atoms with E-state index in [-0.39, 0.29) is 0 Å². The van der Waals surface area contributed by atoms with Crippen LogP contribution in [-0.2, 0) is 6.54 Å². The number of anilines is 2. The molecule has 0 aliphatic carbocycles. The van der Waals surface area contributed by atoms with Crippen molar-refractivity contribution in [2.75, 3.05) is 17.7 Å². The summed E-state index contributed by atoms with van der Waals surface area (Å²) in [5, 5.41) is 0. The second kappa shape index (κ2) is 4.66. The monoisotopic (exact) mass is 213 g/mol. The zero-order chi connectivity index (χ0) is 11.4. The van der Waals surface area contributed by atoms with Crippen LogP contribution in [0.2, 0.25) is 0 Å². The van der Waals surface area contributed by atoms with Crippen LogP contribution in [0.15, 0.2) is 48.8 Å². The number of nitrogens with zero attached hydrogens (tertiary/aromatic N) is 2. The summed E-state index contributed by atoms with van der Waals surface area (Å²) in [4.78, 5) is 6.13. The third-order valence-corrected chi connectivity index (χ3v) is 2.52. The minimum atomic E-state index is 0.805. The number of aromatic nitrogens is 1. The summed E-state index contributed by atoms with van der Waals surface area (Å²) < 4.78 is 0. The molecule has 0 bridgehead atoms. The molecule has 0 spiro atoms. The molecule has 0 unspecified atom stereocenters. The highest BCUT2D eigenvalue weighted by molar-refractivity contribution is 5.66. The third kappa shape index (κ3) is 2.31. The SMILES string of the molecule is CN(Cc1ccncc1)c1ccccc1N. The Morgan fingerprint density at radius 3 is 2.50 bits per heavy atom. The lowest BCUT2D eigenvalue weighted by molar-refractivity contribution is 0.921.